The van der Waals surface area contributed by atoms with Gasteiger partial charge in [-0.05, 0) is 24.3 Å². The molecule has 0 spiro atoms. The van der Waals surface area contributed by atoms with Crippen LogP contribution in [0.4, 0.5) is 5.69 Å². The van der Waals surface area contributed by atoms with Gasteiger partial charge in [0.15, 0.2) is 5.57 Å². The Bertz CT molecular complexity index is 994. The van der Waals surface area contributed by atoms with Crippen molar-refractivity contribution in [2.24, 2.45) is 0 Å². The number of sulfonamides is 1. The van der Waals surface area contributed by atoms with Crippen LogP contribution in [0.15, 0.2) is 30.1 Å². The van der Waals surface area contributed by atoms with Gasteiger partial charge in [-0.1, -0.05) is 0 Å². The fraction of sp³-hybridized carbons (Fsp3) is 0.0714. The lowest BCUT2D eigenvalue weighted by atomic mass is 10.2. The first-order chi connectivity index (χ1) is 10.4. The van der Waals surface area contributed by atoms with Crippen LogP contribution in [0, 0.1) is 24.5 Å². The summed E-state index contributed by atoms with van der Waals surface area (Å²) in [5.41, 5.74) is 1.35. The predicted octanol–water partition coefficient (Wildman–Crippen LogP) is 2.57. The van der Waals surface area contributed by atoms with Gasteiger partial charge in [0.1, 0.15) is 13.1 Å². The molecule has 2 aromatic rings. The number of benzene rings is 1. The Morgan fingerprint density at radius 3 is 2.55 bits per heavy atom. The molecule has 1 aromatic heterocycles. The van der Waals surface area contributed by atoms with E-state index in [1.54, 1.807) is 24.3 Å². The summed E-state index contributed by atoms with van der Waals surface area (Å²) in [5.74, 6) is -0.316. The van der Waals surface area contributed by atoms with E-state index in [0.717, 1.165) is 6.26 Å². The number of aromatic nitrogens is 1. The minimum absolute atomic E-state index is 0.0428. The Hall–Kier alpha value is -3.28. The van der Waals surface area contributed by atoms with Gasteiger partial charge < -0.3 is 4.98 Å². The van der Waals surface area contributed by atoms with Crippen molar-refractivity contribution in [1.82, 2.24) is 4.98 Å². The molecule has 2 N–H and O–H groups in total. The first-order valence-electron chi connectivity index (χ1n) is 5.88. The first kappa shape index (κ1) is 15.1. The average Bonchev–Trinajstić information content (AvgIpc) is 2.85. The molecule has 1 heterocycles. The van der Waals surface area contributed by atoms with Gasteiger partial charge >= 0.3 is 5.82 Å². The molecular weight excluding hydrogens is 302 g/mol. The molecule has 0 amide bonds. The van der Waals surface area contributed by atoms with Gasteiger partial charge in [-0.3, -0.25) is 4.72 Å². The maximum atomic E-state index is 11.2. The van der Waals surface area contributed by atoms with E-state index >= 15 is 0 Å². The number of H-pyrrole nitrogens is 1. The third kappa shape index (κ3) is 3.06. The Morgan fingerprint density at radius 2 is 2.00 bits per heavy atom. The van der Waals surface area contributed by atoms with Crippen molar-refractivity contribution in [2.45, 2.75) is 0 Å². The molecule has 2 rings (SSSR count). The standard InChI is InChI=1S/C14H9N5O2S/c1-16-14(17-2)11(8-15)13-7-9-6-10(19-22(3,20)21)4-5-12(9)18-13/h4-7,18-19H,3H3. The number of anilines is 1. The Morgan fingerprint density at radius 1 is 1.32 bits per heavy atom. The summed E-state index contributed by atoms with van der Waals surface area (Å²) in [5, 5.41) is 9.80. The molecule has 8 heteroatoms. The van der Waals surface area contributed by atoms with Crippen LogP contribution < -0.4 is 4.72 Å². The van der Waals surface area contributed by atoms with Crippen LogP contribution in [0.1, 0.15) is 5.69 Å². The quantitative estimate of drug-likeness (QED) is 0.673. The second kappa shape index (κ2) is 5.61. The normalized spacial score (nSPS) is 10.3. The van der Waals surface area contributed by atoms with Crippen LogP contribution in [0.5, 0.6) is 0 Å². The number of nitrogens with zero attached hydrogens (tertiary/aromatic N) is 3. The van der Waals surface area contributed by atoms with E-state index in [9.17, 15) is 8.42 Å². The van der Waals surface area contributed by atoms with E-state index in [4.69, 9.17) is 18.4 Å². The summed E-state index contributed by atoms with van der Waals surface area (Å²) in [4.78, 5) is 9.00. The third-order valence-electron chi connectivity index (χ3n) is 2.74. The molecule has 0 bridgehead atoms. The molecule has 0 aliphatic carbocycles. The van der Waals surface area contributed by atoms with Crippen molar-refractivity contribution in [2.75, 3.05) is 11.0 Å². The highest BCUT2D eigenvalue weighted by Crippen LogP contribution is 2.26. The van der Waals surface area contributed by atoms with Crippen LogP contribution in [0.3, 0.4) is 0 Å². The van der Waals surface area contributed by atoms with Crippen LogP contribution in [0.25, 0.3) is 26.2 Å². The minimum atomic E-state index is -3.38. The molecule has 7 nitrogen and oxygen atoms in total. The van der Waals surface area contributed by atoms with Crippen molar-refractivity contribution >= 4 is 32.2 Å². The zero-order valence-corrected chi connectivity index (χ0v) is 12.2. The molecule has 1 aromatic carbocycles. The molecule has 0 atom stereocenters. The molecule has 0 saturated heterocycles. The Kier molecular flexibility index (Phi) is 3.85. The van der Waals surface area contributed by atoms with Gasteiger partial charge in [0.25, 0.3) is 0 Å². The average molecular weight is 311 g/mol. The molecule has 0 unspecified atom stereocenters. The van der Waals surface area contributed by atoms with Crippen LogP contribution >= 0.6 is 0 Å². The lowest BCUT2D eigenvalue weighted by Crippen LogP contribution is -2.09. The summed E-state index contributed by atoms with van der Waals surface area (Å²) >= 11 is 0. The number of nitrogens with one attached hydrogen (secondary N) is 2. The van der Waals surface area contributed by atoms with Gasteiger partial charge in [0.05, 0.1) is 18.0 Å². The van der Waals surface area contributed by atoms with Gasteiger partial charge in [-0.15, -0.1) is 0 Å². The summed E-state index contributed by atoms with van der Waals surface area (Å²) in [6.07, 6.45) is 1.05. The SMILES string of the molecule is [C-]#[N+]C([N+]#[C-])=C(C#N)c1cc2cc(NS(C)(=O)=O)ccc2[nH]1. The third-order valence-corrected chi connectivity index (χ3v) is 3.35. The number of allylic oxidation sites excluding steroid dienone is 1. The fourth-order valence-corrected chi connectivity index (χ4v) is 2.47. The second-order valence-corrected chi connectivity index (χ2v) is 6.14. The monoisotopic (exact) mass is 311 g/mol. The fourth-order valence-electron chi connectivity index (χ4n) is 1.91. The molecule has 0 aliphatic heterocycles. The maximum Gasteiger partial charge on any atom is 0.539 e. The first-order valence-corrected chi connectivity index (χ1v) is 7.77. The highest BCUT2D eigenvalue weighted by Gasteiger charge is 2.18. The largest absolute Gasteiger partial charge is 0.539 e. The van der Waals surface area contributed by atoms with Crippen molar-refractivity contribution < 1.29 is 8.42 Å². The van der Waals surface area contributed by atoms with Gasteiger partial charge in [-0.25, -0.2) is 8.42 Å². The zero-order chi connectivity index (χ0) is 16.3. The van der Waals surface area contributed by atoms with E-state index in [1.807, 2.05) is 6.07 Å². The maximum absolute atomic E-state index is 11.2. The predicted molar refractivity (Wildman–Crippen MR) is 82.5 cm³/mol. The van der Waals surface area contributed by atoms with Crippen molar-refractivity contribution in [1.29, 1.82) is 5.26 Å². The number of rotatable bonds is 3. The number of hydrogen-bond donors (Lipinski definition) is 2. The lowest BCUT2D eigenvalue weighted by molar-refractivity contribution is 0.607. The number of aromatic amines is 1. The van der Waals surface area contributed by atoms with E-state index in [0.29, 0.717) is 22.3 Å². The van der Waals surface area contributed by atoms with E-state index in [1.165, 1.54) is 0 Å². The van der Waals surface area contributed by atoms with Gasteiger partial charge in [-0.2, -0.15) is 15.0 Å². The molecule has 0 saturated carbocycles. The minimum Gasteiger partial charge on any atom is -0.355 e. The number of fused-ring (bicyclic) bond motifs is 1. The summed E-state index contributed by atoms with van der Waals surface area (Å²) in [7, 11) is -3.38. The Balaban J connectivity index is 2.58. The summed E-state index contributed by atoms with van der Waals surface area (Å²) < 4.78 is 24.8. The smallest absolute Gasteiger partial charge is 0.355 e. The van der Waals surface area contributed by atoms with Crippen LogP contribution in [-0.2, 0) is 10.0 Å². The van der Waals surface area contributed by atoms with Crippen molar-refractivity contribution in [3.05, 3.63) is 58.6 Å². The lowest BCUT2D eigenvalue weighted by Gasteiger charge is -2.02. The molecule has 0 aliphatic rings. The molecular formula is C14H9N5O2S. The number of hydrogen-bond acceptors (Lipinski definition) is 3. The van der Waals surface area contributed by atoms with Crippen LogP contribution in [-0.4, -0.2) is 19.7 Å². The molecule has 0 fully saturated rings. The topological polar surface area (TPSA) is 94.5 Å². The van der Waals surface area contributed by atoms with Crippen molar-refractivity contribution in [3.63, 3.8) is 0 Å². The van der Waals surface area contributed by atoms with E-state index in [2.05, 4.69) is 19.4 Å². The summed E-state index contributed by atoms with van der Waals surface area (Å²) in [6.45, 7) is 13.8. The Labute approximate surface area is 127 Å². The van der Waals surface area contributed by atoms with Crippen LogP contribution in [0.2, 0.25) is 0 Å². The number of nitriles is 1. The van der Waals surface area contributed by atoms with Crippen molar-refractivity contribution in [3.8, 4) is 6.07 Å². The van der Waals surface area contributed by atoms with Gasteiger partial charge in [0.2, 0.25) is 10.0 Å². The zero-order valence-electron chi connectivity index (χ0n) is 11.4. The highest BCUT2D eigenvalue weighted by atomic mass is 32.2. The van der Waals surface area contributed by atoms with E-state index in [-0.39, 0.29) is 11.4 Å². The molecule has 0 radical (unpaired) electrons. The summed E-state index contributed by atoms with van der Waals surface area (Å²) in [6, 6.07) is 8.26. The second-order valence-electron chi connectivity index (χ2n) is 4.39. The molecule has 108 valence electrons. The highest BCUT2D eigenvalue weighted by molar-refractivity contribution is 7.92. The van der Waals surface area contributed by atoms with E-state index < -0.39 is 10.0 Å². The molecule has 22 heavy (non-hydrogen) atoms. The van der Waals surface area contributed by atoms with Gasteiger partial charge in [0, 0.05) is 16.6 Å².